The van der Waals surface area contributed by atoms with Gasteiger partial charge in [0.1, 0.15) is 5.78 Å². The SMILES string of the molecule is C[C@]12CC[C@](O)(CN3CCN(Cc4cc(C(F)(F)F)cc(C(F)(F)F)c4)CC3)C[C@@H]1CC[C@@H]1[C@@H]2CC[C@]2(C)C(=O)CC[C@@H]12. The van der Waals surface area contributed by atoms with Gasteiger partial charge in [-0.1, -0.05) is 13.8 Å². The Kier molecular flexibility index (Phi) is 7.81. The van der Waals surface area contributed by atoms with Crippen molar-refractivity contribution in [2.75, 3.05) is 32.7 Å². The molecule has 1 aromatic rings. The Labute approximate surface area is 250 Å². The Bertz CT molecular complexity index is 1190. The van der Waals surface area contributed by atoms with Crippen molar-refractivity contribution in [1.82, 2.24) is 9.80 Å². The maximum atomic E-state index is 13.3. The van der Waals surface area contributed by atoms with Crippen molar-refractivity contribution in [1.29, 1.82) is 0 Å². The summed E-state index contributed by atoms with van der Waals surface area (Å²) in [4.78, 5) is 16.8. The summed E-state index contributed by atoms with van der Waals surface area (Å²) in [6.07, 6.45) is -1.16. The summed E-state index contributed by atoms with van der Waals surface area (Å²) < 4.78 is 79.7. The van der Waals surface area contributed by atoms with Crippen LogP contribution in [0.2, 0.25) is 0 Å². The van der Waals surface area contributed by atoms with Crippen molar-refractivity contribution < 1.29 is 36.2 Å². The number of carbonyl (C=O) groups excluding carboxylic acids is 1. The fourth-order valence-electron chi connectivity index (χ4n) is 10.1. The van der Waals surface area contributed by atoms with E-state index in [-0.39, 0.29) is 29.0 Å². The molecule has 1 aromatic carbocycles. The van der Waals surface area contributed by atoms with Crippen LogP contribution in [0.4, 0.5) is 26.3 Å². The van der Waals surface area contributed by atoms with Crippen LogP contribution in [0.25, 0.3) is 0 Å². The second-order valence-corrected chi connectivity index (χ2v) is 15.0. The Morgan fingerprint density at radius 2 is 1.44 bits per heavy atom. The lowest BCUT2D eigenvalue weighted by Crippen LogP contribution is -2.59. The van der Waals surface area contributed by atoms with Crippen LogP contribution in [0.5, 0.6) is 0 Å². The number of benzene rings is 1. The fraction of sp³-hybridized carbons (Fsp3) is 0.788. The van der Waals surface area contributed by atoms with Gasteiger partial charge in [-0.15, -0.1) is 0 Å². The molecule has 7 atom stereocenters. The number of β-amino-alcohol motifs (C(OH)–C–C–N with tert-alkyl or cyclic N) is 1. The number of carbonyl (C=O) groups is 1. The van der Waals surface area contributed by atoms with Crippen molar-refractivity contribution in [2.45, 2.75) is 96.1 Å². The quantitative estimate of drug-likeness (QED) is 0.365. The highest BCUT2D eigenvalue weighted by Gasteiger charge is 2.61. The third-order valence-electron chi connectivity index (χ3n) is 12.6. The van der Waals surface area contributed by atoms with E-state index in [1.54, 1.807) is 0 Å². The molecule has 4 nitrogen and oxygen atoms in total. The van der Waals surface area contributed by atoms with Crippen molar-refractivity contribution >= 4 is 5.78 Å². The molecule has 1 saturated heterocycles. The first-order valence-corrected chi connectivity index (χ1v) is 16.0. The lowest BCUT2D eigenvalue weighted by atomic mass is 9.44. The molecule has 240 valence electrons. The molecule has 0 aromatic heterocycles. The predicted octanol–water partition coefficient (Wildman–Crippen LogP) is 7.18. The van der Waals surface area contributed by atoms with E-state index in [4.69, 9.17) is 0 Å². The highest BCUT2D eigenvalue weighted by Crippen LogP contribution is 2.66. The normalized spacial score (nSPS) is 39.3. The van der Waals surface area contributed by atoms with Gasteiger partial charge in [0.15, 0.2) is 0 Å². The van der Waals surface area contributed by atoms with Crippen LogP contribution in [0.3, 0.4) is 0 Å². The Balaban J connectivity index is 1.05. The van der Waals surface area contributed by atoms with Crippen LogP contribution in [0, 0.1) is 34.5 Å². The highest BCUT2D eigenvalue weighted by atomic mass is 19.4. The molecule has 0 unspecified atom stereocenters. The van der Waals surface area contributed by atoms with Gasteiger partial charge in [-0.25, -0.2) is 0 Å². The van der Waals surface area contributed by atoms with Crippen LogP contribution < -0.4 is 0 Å². The van der Waals surface area contributed by atoms with E-state index in [0.717, 1.165) is 69.9 Å². The number of alkyl halides is 6. The van der Waals surface area contributed by atoms with Crippen molar-refractivity contribution in [3.8, 4) is 0 Å². The van der Waals surface area contributed by atoms with E-state index >= 15 is 0 Å². The summed E-state index contributed by atoms with van der Waals surface area (Å²) in [7, 11) is 0. The molecule has 5 fully saturated rings. The molecule has 0 spiro atoms. The Morgan fingerprint density at radius 3 is 2.07 bits per heavy atom. The van der Waals surface area contributed by atoms with Crippen LogP contribution in [-0.2, 0) is 23.7 Å². The van der Waals surface area contributed by atoms with Gasteiger partial charge < -0.3 is 5.11 Å². The van der Waals surface area contributed by atoms with Crippen LogP contribution in [0.15, 0.2) is 18.2 Å². The number of halogens is 6. The van der Waals surface area contributed by atoms with Gasteiger partial charge in [0.05, 0.1) is 16.7 Å². The molecular weight excluding hydrogens is 570 g/mol. The first-order chi connectivity index (χ1) is 20.0. The van der Waals surface area contributed by atoms with E-state index < -0.39 is 29.1 Å². The van der Waals surface area contributed by atoms with Crippen LogP contribution in [0.1, 0.15) is 88.3 Å². The summed E-state index contributed by atoms with van der Waals surface area (Å²) in [6.45, 7) is 7.43. The number of fused-ring (bicyclic) bond motifs is 5. The molecule has 1 heterocycles. The smallest absolute Gasteiger partial charge is 0.389 e. The van der Waals surface area contributed by atoms with Crippen LogP contribution in [-0.4, -0.2) is 59.0 Å². The zero-order chi connectivity index (χ0) is 31.0. The zero-order valence-corrected chi connectivity index (χ0v) is 25.2. The van der Waals surface area contributed by atoms with Gasteiger partial charge in [0.2, 0.25) is 0 Å². The monoisotopic (exact) mass is 614 g/mol. The van der Waals surface area contributed by atoms with Crippen molar-refractivity contribution in [2.24, 2.45) is 34.5 Å². The first kappa shape index (κ1) is 31.3. The number of ketones is 1. The van der Waals surface area contributed by atoms with E-state index in [0.29, 0.717) is 62.2 Å². The average Bonchev–Trinajstić information content (AvgIpc) is 3.23. The highest BCUT2D eigenvalue weighted by molar-refractivity contribution is 5.87. The summed E-state index contributed by atoms with van der Waals surface area (Å²) in [6, 6.07) is 1.80. The summed E-state index contributed by atoms with van der Waals surface area (Å²) in [5.74, 6) is 2.62. The van der Waals surface area contributed by atoms with E-state index in [1.165, 1.54) is 0 Å². The number of Topliss-reactive ketones (excluding diaryl/α,β-unsaturated/α-hetero) is 1. The Morgan fingerprint density at radius 1 is 0.814 bits per heavy atom. The number of rotatable bonds is 4. The van der Waals surface area contributed by atoms with Gasteiger partial charge in [0, 0.05) is 51.1 Å². The lowest BCUT2D eigenvalue weighted by Gasteiger charge is -2.61. The second kappa shape index (κ2) is 10.7. The lowest BCUT2D eigenvalue weighted by molar-refractivity contribution is -0.158. The molecule has 0 amide bonds. The molecule has 0 bridgehead atoms. The molecule has 5 aliphatic rings. The third-order valence-corrected chi connectivity index (χ3v) is 12.6. The molecule has 43 heavy (non-hydrogen) atoms. The minimum atomic E-state index is -4.85. The van der Waals surface area contributed by atoms with Gasteiger partial charge >= 0.3 is 12.4 Å². The molecule has 4 saturated carbocycles. The fourth-order valence-corrected chi connectivity index (χ4v) is 10.1. The number of piperazine rings is 1. The molecule has 4 aliphatic carbocycles. The van der Waals surface area contributed by atoms with Gasteiger partial charge in [-0.3, -0.25) is 14.6 Å². The molecular formula is C33H44F6N2O2. The minimum absolute atomic E-state index is 0.00129. The molecule has 1 N–H and O–H groups in total. The number of hydrogen-bond donors (Lipinski definition) is 1. The van der Waals surface area contributed by atoms with Crippen LogP contribution >= 0.6 is 0 Å². The predicted molar refractivity (Wildman–Crippen MR) is 150 cm³/mol. The molecule has 0 radical (unpaired) electrons. The summed E-state index contributed by atoms with van der Waals surface area (Å²) in [5.41, 5.74) is -3.31. The zero-order valence-electron chi connectivity index (χ0n) is 25.2. The van der Waals surface area contributed by atoms with Gasteiger partial charge in [-0.2, -0.15) is 26.3 Å². The second-order valence-electron chi connectivity index (χ2n) is 15.0. The van der Waals surface area contributed by atoms with Crippen molar-refractivity contribution in [3.05, 3.63) is 34.9 Å². The van der Waals surface area contributed by atoms with Gasteiger partial charge in [0.25, 0.3) is 0 Å². The average molecular weight is 615 g/mol. The maximum Gasteiger partial charge on any atom is 0.416 e. The van der Waals surface area contributed by atoms with E-state index in [1.807, 2.05) is 4.90 Å². The Hall–Kier alpha value is -1.65. The molecule has 6 rings (SSSR count). The summed E-state index contributed by atoms with van der Waals surface area (Å²) in [5, 5.41) is 11.8. The molecule has 1 aliphatic heterocycles. The van der Waals surface area contributed by atoms with E-state index in [9.17, 15) is 36.2 Å². The number of hydrogen-bond acceptors (Lipinski definition) is 4. The first-order valence-electron chi connectivity index (χ1n) is 16.0. The standard InChI is InChI=1S/C33H44F6N2O2/c1-29-9-10-31(43,18-22(29)3-4-25-26-5-6-28(42)30(26,2)8-7-27(25)29)20-41-13-11-40(12-14-41)19-21-15-23(32(34,35)36)17-24(16-21)33(37,38)39/h15-17,22,25-27,43H,3-14,18-20H2,1-2H3/t22-,25-,26-,27-,29-,30-,31+/m0/s1. The number of aliphatic hydroxyl groups is 1. The minimum Gasteiger partial charge on any atom is -0.389 e. The van der Waals surface area contributed by atoms with E-state index in [2.05, 4.69) is 18.7 Å². The third kappa shape index (κ3) is 5.78. The van der Waals surface area contributed by atoms with Crippen molar-refractivity contribution in [3.63, 3.8) is 0 Å². The number of nitrogens with zero attached hydrogens (tertiary/aromatic N) is 2. The summed E-state index contributed by atoms with van der Waals surface area (Å²) >= 11 is 0. The largest absolute Gasteiger partial charge is 0.416 e. The van der Waals surface area contributed by atoms with Gasteiger partial charge in [-0.05, 0) is 104 Å². The maximum absolute atomic E-state index is 13.3. The molecule has 10 heteroatoms. The topological polar surface area (TPSA) is 43.8 Å².